The van der Waals surface area contributed by atoms with E-state index in [4.69, 9.17) is 11.5 Å². The highest BCUT2D eigenvalue weighted by molar-refractivity contribution is 9.10. The summed E-state index contributed by atoms with van der Waals surface area (Å²) in [4.78, 5) is 11.4. The summed E-state index contributed by atoms with van der Waals surface area (Å²) in [6.07, 6.45) is 0.362. The standard InChI is InChI=1S/C9H11BrN2O/c10-7-2-1-6(5-8(7)12)9(13)3-4-11/h1-2,5H,3-4,11-12H2. The van der Waals surface area contributed by atoms with Gasteiger partial charge in [0.15, 0.2) is 5.78 Å². The van der Waals surface area contributed by atoms with Crippen molar-refractivity contribution in [2.24, 2.45) is 5.73 Å². The Hall–Kier alpha value is -0.870. The highest BCUT2D eigenvalue weighted by Crippen LogP contribution is 2.20. The van der Waals surface area contributed by atoms with Crippen molar-refractivity contribution in [3.8, 4) is 0 Å². The van der Waals surface area contributed by atoms with E-state index in [1.54, 1.807) is 18.2 Å². The number of benzene rings is 1. The van der Waals surface area contributed by atoms with Crippen LogP contribution in [0.3, 0.4) is 0 Å². The molecule has 0 fully saturated rings. The first kappa shape index (κ1) is 10.2. The van der Waals surface area contributed by atoms with Gasteiger partial charge in [-0.25, -0.2) is 0 Å². The van der Waals surface area contributed by atoms with Crippen molar-refractivity contribution in [1.29, 1.82) is 0 Å². The lowest BCUT2D eigenvalue weighted by atomic mass is 10.1. The zero-order valence-electron chi connectivity index (χ0n) is 7.09. The van der Waals surface area contributed by atoms with E-state index in [1.165, 1.54) is 0 Å². The molecule has 0 radical (unpaired) electrons. The van der Waals surface area contributed by atoms with Gasteiger partial charge in [-0.1, -0.05) is 6.07 Å². The fourth-order valence-corrected chi connectivity index (χ4v) is 1.24. The van der Waals surface area contributed by atoms with Crippen LogP contribution in [0.15, 0.2) is 22.7 Å². The lowest BCUT2D eigenvalue weighted by Crippen LogP contribution is -2.08. The third kappa shape index (κ3) is 2.54. The van der Waals surface area contributed by atoms with Crippen molar-refractivity contribution < 1.29 is 4.79 Å². The van der Waals surface area contributed by atoms with E-state index < -0.39 is 0 Å². The molecule has 0 aliphatic carbocycles. The van der Waals surface area contributed by atoms with Gasteiger partial charge in [-0.15, -0.1) is 0 Å². The predicted octanol–water partition coefficient (Wildman–Crippen LogP) is 1.56. The van der Waals surface area contributed by atoms with Crippen LogP contribution >= 0.6 is 15.9 Å². The first-order chi connectivity index (χ1) is 6.15. The van der Waals surface area contributed by atoms with Gasteiger partial charge in [-0.3, -0.25) is 4.79 Å². The van der Waals surface area contributed by atoms with E-state index in [1.807, 2.05) is 0 Å². The molecule has 0 heterocycles. The minimum absolute atomic E-state index is 0.0294. The topological polar surface area (TPSA) is 69.1 Å². The van der Waals surface area contributed by atoms with Gasteiger partial charge in [0.2, 0.25) is 0 Å². The smallest absolute Gasteiger partial charge is 0.164 e. The summed E-state index contributed by atoms with van der Waals surface area (Å²) in [5.41, 5.74) is 12.1. The quantitative estimate of drug-likeness (QED) is 0.625. The Balaban J connectivity index is 2.90. The van der Waals surface area contributed by atoms with Gasteiger partial charge in [0.1, 0.15) is 0 Å². The predicted molar refractivity (Wildman–Crippen MR) is 56.6 cm³/mol. The first-order valence-corrected chi connectivity index (χ1v) is 4.72. The van der Waals surface area contributed by atoms with Crippen molar-refractivity contribution in [1.82, 2.24) is 0 Å². The van der Waals surface area contributed by atoms with E-state index in [9.17, 15) is 4.79 Å². The largest absolute Gasteiger partial charge is 0.398 e. The number of halogens is 1. The number of rotatable bonds is 3. The molecule has 0 unspecified atom stereocenters. The van der Waals surface area contributed by atoms with Gasteiger partial charge in [-0.05, 0) is 34.6 Å². The Morgan fingerprint density at radius 2 is 2.15 bits per heavy atom. The Bertz CT molecular complexity index is 325. The minimum Gasteiger partial charge on any atom is -0.398 e. The van der Waals surface area contributed by atoms with Crippen molar-refractivity contribution >= 4 is 27.4 Å². The van der Waals surface area contributed by atoms with E-state index in [2.05, 4.69) is 15.9 Å². The van der Waals surface area contributed by atoms with Gasteiger partial charge in [0, 0.05) is 22.1 Å². The molecule has 0 spiro atoms. The molecular weight excluding hydrogens is 232 g/mol. The van der Waals surface area contributed by atoms with Crippen LogP contribution in [0.2, 0.25) is 0 Å². The van der Waals surface area contributed by atoms with Crippen LogP contribution in [0.5, 0.6) is 0 Å². The average Bonchev–Trinajstić information content (AvgIpc) is 2.10. The number of anilines is 1. The molecule has 0 saturated heterocycles. The molecule has 1 aromatic carbocycles. The molecule has 0 atom stereocenters. The zero-order chi connectivity index (χ0) is 9.84. The molecule has 0 aliphatic rings. The molecule has 70 valence electrons. The number of Topliss-reactive ketones (excluding diaryl/α,β-unsaturated/α-hetero) is 1. The molecule has 3 nitrogen and oxygen atoms in total. The number of carbonyl (C=O) groups excluding carboxylic acids is 1. The summed E-state index contributed by atoms with van der Waals surface area (Å²) < 4.78 is 0.803. The summed E-state index contributed by atoms with van der Waals surface area (Å²) >= 11 is 3.26. The number of nitrogen functional groups attached to an aromatic ring is 1. The second kappa shape index (κ2) is 4.39. The van der Waals surface area contributed by atoms with Crippen molar-refractivity contribution in [2.45, 2.75) is 6.42 Å². The van der Waals surface area contributed by atoms with E-state index in [0.717, 1.165) is 4.47 Å². The maximum Gasteiger partial charge on any atom is 0.164 e. The third-order valence-corrected chi connectivity index (χ3v) is 2.41. The number of hydrogen-bond acceptors (Lipinski definition) is 3. The van der Waals surface area contributed by atoms with Gasteiger partial charge in [0.25, 0.3) is 0 Å². The monoisotopic (exact) mass is 242 g/mol. The molecule has 0 amide bonds. The highest BCUT2D eigenvalue weighted by atomic mass is 79.9. The normalized spacial score (nSPS) is 10.0. The van der Waals surface area contributed by atoms with Crippen LogP contribution in [-0.4, -0.2) is 12.3 Å². The second-order valence-electron chi connectivity index (χ2n) is 2.70. The molecule has 0 saturated carbocycles. The van der Waals surface area contributed by atoms with Crippen LogP contribution in [0.25, 0.3) is 0 Å². The summed E-state index contributed by atoms with van der Waals surface area (Å²) in [7, 11) is 0. The van der Waals surface area contributed by atoms with Gasteiger partial charge in [-0.2, -0.15) is 0 Å². The highest BCUT2D eigenvalue weighted by Gasteiger charge is 2.05. The Morgan fingerprint density at radius 1 is 1.46 bits per heavy atom. The van der Waals surface area contributed by atoms with Gasteiger partial charge >= 0.3 is 0 Å². The van der Waals surface area contributed by atoms with Crippen molar-refractivity contribution in [3.05, 3.63) is 28.2 Å². The van der Waals surface area contributed by atoms with E-state index in [-0.39, 0.29) is 5.78 Å². The van der Waals surface area contributed by atoms with Crippen molar-refractivity contribution in [3.63, 3.8) is 0 Å². The van der Waals surface area contributed by atoms with Gasteiger partial charge in [0.05, 0.1) is 0 Å². The number of nitrogens with two attached hydrogens (primary N) is 2. The average molecular weight is 243 g/mol. The van der Waals surface area contributed by atoms with Crippen LogP contribution in [-0.2, 0) is 0 Å². The van der Waals surface area contributed by atoms with Crippen molar-refractivity contribution in [2.75, 3.05) is 12.3 Å². The summed E-state index contributed by atoms with van der Waals surface area (Å²) in [6, 6.07) is 5.15. The van der Waals surface area contributed by atoms with E-state index in [0.29, 0.717) is 24.2 Å². The molecule has 1 aromatic rings. The van der Waals surface area contributed by atoms with Crippen LogP contribution in [0.4, 0.5) is 5.69 Å². The molecule has 13 heavy (non-hydrogen) atoms. The number of carbonyl (C=O) groups is 1. The molecular formula is C9H11BrN2O. The lowest BCUT2D eigenvalue weighted by molar-refractivity contribution is 0.0985. The molecule has 0 bridgehead atoms. The first-order valence-electron chi connectivity index (χ1n) is 3.93. The maximum atomic E-state index is 11.4. The summed E-state index contributed by atoms with van der Waals surface area (Å²) in [6.45, 7) is 0.370. The maximum absolute atomic E-state index is 11.4. The third-order valence-electron chi connectivity index (χ3n) is 1.69. The SMILES string of the molecule is NCCC(=O)c1ccc(Br)c(N)c1. The van der Waals surface area contributed by atoms with Crippen LogP contribution in [0, 0.1) is 0 Å². The fourth-order valence-electron chi connectivity index (χ4n) is 0.993. The Labute approximate surface area is 85.2 Å². The Kier molecular flexibility index (Phi) is 3.45. The zero-order valence-corrected chi connectivity index (χ0v) is 8.67. The molecule has 0 aliphatic heterocycles. The summed E-state index contributed by atoms with van der Waals surface area (Å²) in [5, 5.41) is 0. The number of hydrogen-bond donors (Lipinski definition) is 2. The molecule has 0 aromatic heterocycles. The Morgan fingerprint density at radius 3 is 2.69 bits per heavy atom. The van der Waals surface area contributed by atoms with Crippen LogP contribution < -0.4 is 11.5 Å². The minimum atomic E-state index is 0.0294. The van der Waals surface area contributed by atoms with E-state index >= 15 is 0 Å². The molecule has 1 rings (SSSR count). The second-order valence-corrected chi connectivity index (χ2v) is 3.55. The fraction of sp³-hybridized carbons (Fsp3) is 0.222. The molecule has 4 heteroatoms. The van der Waals surface area contributed by atoms with Gasteiger partial charge < -0.3 is 11.5 Å². The lowest BCUT2D eigenvalue weighted by Gasteiger charge is -2.02. The summed E-state index contributed by atoms with van der Waals surface area (Å²) in [5.74, 6) is 0.0294. The number of ketones is 1. The molecule has 4 N–H and O–H groups in total. The van der Waals surface area contributed by atoms with Crippen LogP contribution in [0.1, 0.15) is 16.8 Å².